The SMILES string of the molecule is CCOc1ccc2c(c1)NC1(CCN(C(=O)c3cccnc3C)CC1)c1cccn1-2. The predicted molar refractivity (Wildman–Crippen MR) is 116 cm³/mol. The van der Waals surface area contributed by atoms with Crippen LogP contribution in [0.15, 0.2) is 54.9 Å². The van der Waals surface area contributed by atoms with Gasteiger partial charge in [0.15, 0.2) is 0 Å². The molecule has 154 valence electrons. The number of aromatic nitrogens is 2. The largest absolute Gasteiger partial charge is 0.494 e. The molecule has 6 heteroatoms. The number of nitrogens with one attached hydrogen (secondary N) is 1. The molecule has 0 unspecified atom stereocenters. The van der Waals surface area contributed by atoms with Crippen LogP contribution < -0.4 is 10.1 Å². The van der Waals surface area contributed by atoms with E-state index in [0.29, 0.717) is 25.3 Å². The average molecular weight is 402 g/mol. The second kappa shape index (κ2) is 7.20. The number of aryl methyl sites for hydroxylation is 1. The van der Waals surface area contributed by atoms with Crippen LogP contribution in [-0.2, 0) is 5.54 Å². The molecule has 2 aromatic heterocycles. The Morgan fingerprint density at radius 1 is 1.20 bits per heavy atom. The molecule has 2 aliphatic rings. The van der Waals surface area contributed by atoms with Gasteiger partial charge in [-0.2, -0.15) is 0 Å². The van der Waals surface area contributed by atoms with Gasteiger partial charge >= 0.3 is 0 Å². The molecular formula is C24H26N4O2. The molecule has 1 aromatic carbocycles. The van der Waals surface area contributed by atoms with E-state index in [1.54, 1.807) is 6.20 Å². The van der Waals surface area contributed by atoms with Crippen LogP contribution >= 0.6 is 0 Å². The van der Waals surface area contributed by atoms with E-state index < -0.39 is 0 Å². The Labute approximate surface area is 176 Å². The van der Waals surface area contributed by atoms with E-state index >= 15 is 0 Å². The van der Waals surface area contributed by atoms with Crippen LogP contribution in [0.2, 0.25) is 0 Å². The zero-order chi connectivity index (χ0) is 20.7. The Morgan fingerprint density at radius 2 is 2.03 bits per heavy atom. The fourth-order valence-electron chi connectivity index (χ4n) is 4.74. The summed E-state index contributed by atoms with van der Waals surface area (Å²) < 4.78 is 7.99. The standard InChI is InChI=1S/C24H26N4O2/c1-3-30-18-8-9-21-20(16-18)26-24(22-7-5-13-28(21)22)10-14-27(15-11-24)23(29)19-6-4-12-25-17(19)2/h4-9,12-13,16,26H,3,10-11,14-15H2,1-2H3. The van der Waals surface area contributed by atoms with Crippen molar-refractivity contribution < 1.29 is 9.53 Å². The van der Waals surface area contributed by atoms with Crippen molar-refractivity contribution in [3.8, 4) is 11.4 Å². The quantitative estimate of drug-likeness (QED) is 0.715. The van der Waals surface area contributed by atoms with Crippen LogP contribution in [-0.4, -0.2) is 40.1 Å². The number of fused-ring (bicyclic) bond motifs is 4. The van der Waals surface area contributed by atoms with Crippen LogP contribution in [0.25, 0.3) is 5.69 Å². The first-order valence-electron chi connectivity index (χ1n) is 10.6. The van der Waals surface area contributed by atoms with Gasteiger partial charge in [-0.3, -0.25) is 9.78 Å². The first kappa shape index (κ1) is 18.7. The maximum absolute atomic E-state index is 13.0. The Balaban J connectivity index is 1.42. The summed E-state index contributed by atoms with van der Waals surface area (Å²) >= 11 is 0. The Morgan fingerprint density at radius 3 is 2.80 bits per heavy atom. The third-order valence-corrected chi connectivity index (χ3v) is 6.29. The second-order valence-corrected chi connectivity index (χ2v) is 8.01. The lowest BCUT2D eigenvalue weighted by Gasteiger charge is -2.46. The van der Waals surface area contributed by atoms with Crippen molar-refractivity contribution in [3.63, 3.8) is 0 Å². The first-order valence-corrected chi connectivity index (χ1v) is 10.6. The lowest BCUT2D eigenvalue weighted by atomic mass is 9.82. The molecule has 3 aromatic rings. The van der Waals surface area contributed by atoms with Crippen molar-refractivity contribution in [1.82, 2.24) is 14.5 Å². The van der Waals surface area contributed by atoms with Gasteiger partial charge in [0.2, 0.25) is 0 Å². The summed E-state index contributed by atoms with van der Waals surface area (Å²) in [6.07, 6.45) is 5.54. The van der Waals surface area contributed by atoms with Crippen LogP contribution in [0.1, 0.15) is 41.5 Å². The molecule has 1 amide bonds. The molecule has 0 aliphatic carbocycles. The number of benzene rings is 1. The van der Waals surface area contributed by atoms with Crippen LogP contribution in [0.3, 0.4) is 0 Å². The summed E-state index contributed by atoms with van der Waals surface area (Å²) in [4.78, 5) is 19.3. The van der Waals surface area contributed by atoms with Gasteiger partial charge in [-0.05, 0) is 63.1 Å². The van der Waals surface area contributed by atoms with Gasteiger partial charge in [-0.15, -0.1) is 0 Å². The molecule has 0 radical (unpaired) electrons. The van der Waals surface area contributed by atoms with E-state index in [-0.39, 0.29) is 11.4 Å². The minimum atomic E-state index is -0.192. The van der Waals surface area contributed by atoms with Gasteiger partial charge in [0.25, 0.3) is 5.91 Å². The first-order chi connectivity index (χ1) is 14.6. The summed E-state index contributed by atoms with van der Waals surface area (Å²) in [6.45, 7) is 5.93. The van der Waals surface area contributed by atoms with Gasteiger partial charge in [0.1, 0.15) is 5.75 Å². The van der Waals surface area contributed by atoms with Gasteiger partial charge in [-0.1, -0.05) is 0 Å². The number of hydrogen-bond donors (Lipinski definition) is 1. The monoisotopic (exact) mass is 402 g/mol. The van der Waals surface area contributed by atoms with Gasteiger partial charge in [0, 0.05) is 42.9 Å². The zero-order valence-corrected chi connectivity index (χ0v) is 17.4. The molecule has 4 heterocycles. The highest BCUT2D eigenvalue weighted by Gasteiger charge is 2.42. The number of anilines is 1. The maximum atomic E-state index is 13.0. The van der Waals surface area contributed by atoms with Crippen molar-refractivity contribution in [2.75, 3.05) is 25.0 Å². The molecule has 2 aliphatic heterocycles. The Kier molecular flexibility index (Phi) is 4.50. The molecule has 0 bridgehead atoms. The third kappa shape index (κ3) is 2.95. The topological polar surface area (TPSA) is 59.4 Å². The second-order valence-electron chi connectivity index (χ2n) is 8.01. The van der Waals surface area contributed by atoms with Crippen molar-refractivity contribution in [1.29, 1.82) is 0 Å². The summed E-state index contributed by atoms with van der Waals surface area (Å²) in [7, 11) is 0. The highest BCUT2D eigenvalue weighted by Crippen LogP contribution is 2.44. The van der Waals surface area contributed by atoms with Crippen molar-refractivity contribution in [2.24, 2.45) is 0 Å². The number of amides is 1. The van der Waals surface area contributed by atoms with E-state index in [2.05, 4.69) is 45.3 Å². The summed E-state index contributed by atoms with van der Waals surface area (Å²) in [5.41, 5.74) is 4.75. The van der Waals surface area contributed by atoms with E-state index in [0.717, 1.165) is 35.7 Å². The molecule has 1 fully saturated rings. The van der Waals surface area contributed by atoms with E-state index in [9.17, 15) is 4.79 Å². The van der Waals surface area contributed by atoms with Gasteiger partial charge in [-0.25, -0.2) is 0 Å². The minimum Gasteiger partial charge on any atom is -0.494 e. The third-order valence-electron chi connectivity index (χ3n) is 6.29. The molecule has 0 saturated carbocycles. The lowest BCUT2D eigenvalue weighted by molar-refractivity contribution is 0.0675. The minimum absolute atomic E-state index is 0.0701. The van der Waals surface area contributed by atoms with Crippen molar-refractivity contribution >= 4 is 11.6 Å². The van der Waals surface area contributed by atoms with Crippen LogP contribution in [0.5, 0.6) is 5.75 Å². The molecule has 1 N–H and O–H groups in total. The molecule has 30 heavy (non-hydrogen) atoms. The zero-order valence-electron chi connectivity index (χ0n) is 17.4. The smallest absolute Gasteiger partial charge is 0.255 e. The molecular weight excluding hydrogens is 376 g/mol. The number of piperidine rings is 1. The highest BCUT2D eigenvalue weighted by atomic mass is 16.5. The average Bonchev–Trinajstić information content (AvgIpc) is 3.26. The highest BCUT2D eigenvalue weighted by molar-refractivity contribution is 5.95. The molecule has 6 nitrogen and oxygen atoms in total. The van der Waals surface area contributed by atoms with E-state index in [4.69, 9.17) is 4.74 Å². The fourth-order valence-corrected chi connectivity index (χ4v) is 4.74. The van der Waals surface area contributed by atoms with Crippen molar-refractivity contribution in [3.05, 3.63) is 71.8 Å². The number of pyridine rings is 1. The normalized spacial score (nSPS) is 16.5. The maximum Gasteiger partial charge on any atom is 0.255 e. The molecule has 0 atom stereocenters. The number of carbonyl (C=O) groups excluding carboxylic acids is 1. The van der Waals surface area contributed by atoms with Gasteiger partial charge < -0.3 is 19.5 Å². The summed E-state index contributed by atoms with van der Waals surface area (Å²) in [5, 5.41) is 3.81. The van der Waals surface area contributed by atoms with E-state index in [1.807, 2.05) is 36.9 Å². The number of rotatable bonds is 3. The summed E-state index contributed by atoms with van der Waals surface area (Å²) in [5.74, 6) is 0.940. The number of carbonyl (C=O) groups is 1. The molecule has 1 saturated heterocycles. The van der Waals surface area contributed by atoms with E-state index in [1.165, 1.54) is 5.69 Å². The lowest BCUT2D eigenvalue weighted by Crippen LogP contribution is -2.51. The number of hydrogen-bond acceptors (Lipinski definition) is 4. The molecule has 1 spiro atoms. The number of nitrogens with zero attached hydrogens (tertiary/aromatic N) is 3. The predicted octanol–water partition coefficient (Wildman–Crippen LogP) is 4.14. The Hall–Kier alpha value is -3.28. The van der Waals surface area contributed by atoms with Gasteiger partial charge in [0.05, 0.1) is 29.1 Å². The van der Waals surface area contributed by atoms with Crippen LogP contribution in [0, 0.1) is 6.92 Å². The van der Waals surface area contributed by atoms with Crippen LogP contribution in [0.4, 0.5) is 5.69 Å². The number of ether oxygens (including phenoxy) is 1. The fraction of sp³-hybridized carbons (Fsp3) is 0.333. The molecule has 5 rings (SSSR count). The van der Waals surface area contributed by atoms with Crippen molar-refractivity contribution in [2.45, 2.75) is 32.2 Å². The summed E-state index contributed by atoms with van der Waals surface area (Å²) in [6, 6.07) is 14.2. The Bertz CT molecular complexity index is 1100. The number of likely N-dealkylation sites (tertiary alicyclic amines) is 1.